The molecular formula is C11H23N5OS. The molecular weight excluding hydrogens is 250 g/mol. The fourth-order valence-corrected chi connectivity index (χ4v) is 1.68. The fourth-order valence-electron chi connectivity index (χ4n) is 1.51. The molecule has 1 atom stereocenters. The Morgan fingerprint density at radius 1 is 1.61 bits per heavy atom. The first kappa shape index (κ1) is 15.3. The average Bonchev–Trinajstić information content (AvgIpc) is 2.30. The Bertz CT molecular complexity index is 319. The molecule has 18 heavy (non-hydrogen) atoms. The van der Waals surface area contributed by atoms with Crippen molar-refractivity contribution < 1.29 is 4.74 Å². The Morgan fingerprint density at radius 2 is 2.33 bits per heavy atom. The summed E-state index contributed by atoms with van der Waals surface area (Å²) >= 11 is 4.39. The van der Waals surface area contributed by atoms with Crippen LogP contribution in [0.2, 0.25) is 0 Å². The zero-order chi connectivity index (χ0) is 13.5. The van der Waals surface area contributed by atoms with Crippen LogP contribution >= 0.6 is 12.8 Å². The van der Waals surface area contributed by atoms with Crippen molar-refractivity contribution in [2.45, 2.75) is 39.5 Å². The van der Waals surface area contributed by atoms with Crippen molar-refractivity contribution in [3.63, 3.8) is 0 Å². The van der Waals surface area contributed by atoms with E-state index in [1.165, 1.54) is 0 Å². The quantitative estimate of drug-likeness (QED) is 0.495. The summed E-state index contributed by atoms with van der Waals surface area (Å²) in [6.07, 6.45) is 0.801. The number of guanidine groups is 1. The number of ether oxygens (including phenoxy) is 1. The molecule has 0 fully saturated rings. The van der Waals surface area contributed by atoms with Crippen LogP contribution in [0.3, 0.4) is 0 Å². The van der Waals surface area contributed by atoms with E-state index in [0.29, 0.717) is 25.2 Å². The number of amidine groups is 1. The molecule has 0 saturated carbocycles. The summed E-state index contributed by atoms with van der Waals surface area (Å²) in [6.45, 7) is 7.49. The highest BCUT2D eigenvalue weighted by atomic mass is 32.1. The second-order valence-corrected chi connectivity index (χ2v) is 4.85. The van der Waals surface area contributed by atoms with Crippen LogP contribution in [0.4, 0.5) is 0 Å². The van der Waals surface area contributed by atoms with Crippen LogP contribution in [-0.4, -0.2) is 48.7 Å². The predicted molar refractivity (Wildman–Crippen MR) is 77.9 cm³/mol. The van der Waals surface area contributed by atoms with Gasteiger partial charge in [-0.05, 0) is 27.2 Å². The first-order chi connectivity index (χ1) is 8.54. The molecule has 0 aliphatic carbocycles. The zero-order valence-corrected chi connectivity index (χ0v) is 12.4. The van der Waals surface area contributed by atoms with E-state index < -0.39 is 0 Å². The lowest BCUT2D eigenvalue weighted by atomic mass is 10.4. The number of hydrogen-bond donors (Lipinski definition) is 3. The van der Waals surface area contributed by atoms with Gasteiger partial charge in [-0.25, -0.2) is 0 Å². The summed E-state index contributed by atoms with van der Waals surface area (Å²) in [5.74, 6) is 1.47. The maximum absolute atomic E-state index is 4.98. The Kier molecular flexibility index (Phi) is 6.45. The highest BCUT2D eigenvalue weighted by Gasteiger charge is 2.23. The molecule has 1 rings (SSSR count). The standard InChI is InChI=1S/C11H23N5OS/c1-8(2)13-11-15-10(12-6-5-7-17-4)14-9(3)16(11)18/h8,11,13,18H,5-7H2,1-4H3,(H,12,15). The van der Waals surface area contributed by atoms with E-state index in [9.17, 15) is 0 Å². The van der Waals surface area contributed by atoms with Gasteiger partial charge in [0.25, 0.3) is 0 Å². The molecule has 1 aliphatic heterocycles. The minimum absolute atomic E-state index is 0.0907. The summed E-state index contributed by atoms with van der Waals surface area (Å²) in [4.78, 5) is 8.74. The number of nitrogens with one attached hydrogen (secondary N) is 2. The number of rotatable bonds is 6. The lowest BCUT2D eigenvalue weighted by Gasteiger charge is -2.34. The Balaban J connectivity index is 2.59. The smallest absolute Gasteiger partial charge is 0.222 e. The van der Waals surface area contributed by atoms with Crippen molar-refractivity contribution in [2.24, 2.45) is 9.98 Å². The van der Waals surface area contributed by atoms with Crippen molar-refractivity contribution in [3.8, 4) is 0 Å². The number of methoxy groups -OCH3 is 1. The van der Waals surface area contributed by atoms with Crippen molar-refractivity contribution >= 4 is 24.6 Å². The van der Waals surface area contributed by atoms with E-state index in [0.717, 1.165) is 12.3 Å². The van der Waals surface area contributed by atoms with Gasteiger partial charge in [0.2, 0.25) is 5.96 Å². The molecule has 0 bridgehead atoms. The van der Waals surface area contributed by atoms with Crippen LogP contribution in [0.5, 0.6) is 0 Å². The maximum atomic E-state index is 4.98. The molecule has 0 aromatic heterocycles. The third-order valence-electron chi connectivity index (χ3n) is 2.37. The molecule has 1 heterocycles. The number of nitrogens with zero attached hydrogens (tertiary/aromatic N) is 3. The van der Waals surface area contributed by atoms with Crippen LogP contribution in [0.1, 0.15) is 27.2 Å². The highest BCUT2D eigenvalue weighted by molar-refractivity contribution is 7.78. The van der Waals surface area contributed by atoms with Crippen LogP contribution < -0.4 is 10.6 Å². The third kappa shape index (κ3) is 4.83. The van der Waals surface area contributed by atoms with Gasteiger partial charge in [0, 0.05) is 26.3 Å². The van der Waals surface area contributed by atoms with Crippen LogP contribution in [0.25, 0.3) is 0 Å². The lowest BCUT2D eigenvalue weighted by Crippen LogP contribution is -2.59. The number of thiol groups is 1. The molecule has 0 amide bonds. The van der Waals surface area contributed by atoms with Gasteiger partial charge in [-0.3, -0.25) is 14.6 Å². The number of hydrogen-bond acceptors (Lipinski definition) is 5. The summed E-state index contributed by atoms with van der Waals surface area (Å²) < 4.78 is 6.74. The van der Waals surface area contributed by atoms with E-state index in [2.05, 4.69) is 47.3 Å². The van der Waals surface area contributed by atoms with Gasteiger partial charge in [-0.1, -0.05) is 12.8 Å². The Labute approximate surface area is 114 Å². The second kappa shape index (κ2) is 7.60. The van der Waals surface area contributed by atoms with Crippen molar-refractivity contribution in [3.05, 3.63) is 0 Å². The minimum atomic E-state index is -0.0907. The molecule has 0 radical (unpaired) electrons. The van der Waals surface area contributed by atoms with Crippen molar-refractivity contribution in [1.82, 2.24) is 14.9 Å². The van der Waals surface area contributed by atoms with Gasteiger partial charge in [-0.15, -0.1) is 0 Å². The molecule has 104 valence electrons. The summed E-state index contributed by atoms with van der Waals surface area (Å²) in [7, 11) is 1.69. The van der Waals surface area contributed by atoms with Crippen LogP contribution in [-0.2, 0) is 4.74 Å². The van der Waals surface area contributed by atoms with Gasteiger partial charge < -0.3 is 10.1 Å². The first-order valence-electron chi connectivity index (χ1n) is 6.14. The first-order valence-corrected chi connectivity index (χ1v) is 6.54. The van der Waals surface area contributed by atoms with Crippen LogP contribution in [0, 0.1) is 0 Å². The van der Waals surface area contributed by atoms with E-state index in [1.54, 1.807) is 11.4 Å². The topological polar surface area (TPSA) is 61.3 Å². The third-order valence-corrected chi connectivity index (χ3v) is 2.89. The molecule has 1 unspecified atom stereocenters. The predicted octanol–water partition coefficient (Wildman–Crippen LogP) is 0.829. The lowest BCUT2D eigenvalue weighted by molar-refractivity contribution is 0.197. The monoisotopic (exact) mass is 273 g/mol. The molecule has 7 heteroatoms. The maximum Gasteiger partial charge on any atom is 0.222 e. The van der Waals surface area contributed by atoms with Gasteiger partial charge in [0.1, 0.15) is 5.84 Å². The highest BCUT2D eigenvalue weighted by Crippen LogP contribution is 2.07. The molecule has 2 N–H and O–H groups in total. The largest absolute Gasteiger partial charge is 0.385 e. The Hall–Kier alpha value is -0.790. The molecule has 1 aliphatic rings. The van der Waals surface area contributed by atoms with Gasteiger partial charge in [0.05, 0.1) is 0 Å². The minimum Gasteiger partial charge on any atom is -0.385 e. The molecule has 0 saturated heterocycles. The summed E-state index contributed by atoms with van der Waals surface area (Å²) in [6, 6.07) is 0.345. The van der Waals surface area contributed by atoms with Crippen molar-refractivity contribution in [2.75, 3.05) is 20.3 Å². The molecule has 6 nitrogen and oxygen atoms in total. The second-order valence-electron chi connectivity index (χ2n) is 4.42. The molecule has 0 spiro atoms. The average molecular weight is 273 g/mol. The zero-order valence-electron chi connectivity index (χ0n) is 11.5. The summed E-state index contributed by atoms with van der Waals surface area (Å²) in [5.41, 5.74) is 0. The normalized spacial score (nSPS) is 22.3. The van der Waals surface area contributed by atoms with Crippen LogP contribution in [0.15, 0.2) is 9.98 Å². The van der Waals surface area contributed by atoms with E-state index in [-0.39, 0.29) is 6.29 Å². The van der Waals surface area contributed by atoms with E-state index in [4.69, 9.17) is 4.74 Å². The van der Waals surface area contributed by atoms with E-state index >= 15 is 0 Å². The summed E-state index contributed by atoms with van der Waals surface area (Å²) in [5, 5.41) is 6.55. The van der Waals surface area contributed by atoms with Crippen molar-refractivity contribution in [1.29, 1.82) is 0 Å². The Morgan fingerprint density at radius 3 is 2.94 bits per heavy atom. The van der Waals surface area contributed by atoms with Gasteiger partial charge in [-0.2, -0.15) is 4.99 Å². The van der Waals surface area contributed by atoms with Gasteiger partial charge >= 0.3 is 0 Å². The number of aliphatic imine (C=N–C) groups is 2. The molecule has 0 aromatic rings. The SMILES string of the molecule is COCCCN=C1N=C(C)N(S)C(NC(C)C)N1. The fraction of sp³-hybridized carbons (Fsp3) is 0.818. The molecule has 0 aromatic carbocycles. The van der Waals surface area contributed by atoms with E-state index in [1.807, 2.05) is 6.92 Å². The van der Waals surface area contributed by atoms with Gasteiger partial charge in [0.15, 0.2) is 6.29 Å².